The lowest BCUT2D eigenvalue weighted by atomic mass is 9.88. The van der Waals surface area contributed by atoms with E-state index in [2.05, 4.69) is 24.5 Å². The average molecular weight is 242 g/mol. The molecule has 1 saturated carbocycles. The molecule has 3 N–H and O–H groups in total. The fourth-order valence-electron chi connectivity index (χ4n) is 2.27. The molecule has 0 spiro atoms. The van der Waals surface area contributed by atoms with Crippen LogP contribution in [0.1, 0.15) is 52.4 Å². The van der Waals surface area contributed by atoms with Gasteiger partial charge in [0.1, 0.15) is 0 Å². The third-order valence-electron chi connectivity index (χ3n) is 3.43. The molecule has 2 amide bonds. The quantitative estimate of drug-likeness (QED) is 0.667. The Morgan fingerprint density at radius 2 is 2.00 bits per heavy atom. The summed E-state index contributed by atoms with van der Waals surface area (Å²) >= 11 is 0. The van der Waals surface area contributed by atoms with Crippen molar-refractivity contribution in [3.05, 3.63) is 0 Å². The van der Waals surface area contributed by atoms with Crippen LogP contribution in [0.25, 0.3) is 0 Å². The standard InChI is InChI=1S/C13H26N2O2/c1-13(2,8-5-9-16)10-14-12(17)15-11-6-3-4-7-11/h11,16H,3-10H2,1-2H3,(H2,14,15,17). The zero-order valence-corrected chi connectivity index (χ0v) is 11.1. The van der Waals surface area contributed by atoms with Crippen LogP contribution in [-0.4, -0.2) is 30.3 Å². The fraction of sp³-hybridized carbons (Fsp3) is 0.923. The number of nitrogens with one attached hydrogen (secondary N) is 2. The lowest BCUT2D eigenvalue weighted by Gasteiger charge is -2.25. The Balaban J connectivity index is 2.17. The minimum atomic E-state index is -0.0472. The zero-order valence-electron chi connectivity index (χ0n) is 11.1. The van der Waals surface area contributed by atoms with E-state index in [1.54, 1.807) is 0 Å². The van der Waals surface area contributed by atoms with Crippen LogP contribution in [0.4, 0.5) is 4.79 Å². The second kappa shape index (κ2) is 6.84. The van der Waals surface area contributed by atoms with Crippen LogP contribution in [0.15, 0.2) is 0 Å². The molecular formula is C13H26N2O2. The van der Waals surface area contributed by atoms with Crippen molar-refractivity contribution in [2.75, 3.05) is 13.2 Å². The number of amides is 2. The Bertz CT molecular complexity index is 236. The molecule has 100 valence electrons. The molecule has 0 saturated heterocycles. The largest absolute Gasteiger partial charge is 0.396 e. The molecule has 0 atom stereocenters. The van der Waals surface area contributed by atoms with Gasteiger partial charge in [0.2, 0.25) is 0 Å². The van der Waals surface area contributed by atoms with Gasteiger partial charge in [-0.1, -0.05) is 26.7 Å². The molecule has 1 aliphatic carbocycles. The number of urea groups is 1. The Morgan fingerprint density at radius 1 is 1.35 bits per heavy atom. The Kier molecular flexibility index (Phi) is 5.75. The highest BCUT2D eigenvalue weighted by Crippen LogP contribution is 2.21. The molecular weight excluding hydrogens is 216 g/mol. The van der Waals surface area contributed by atoms with E-state index in [4.69, 9.17) is 5.11 Å². The Hall–Kier alpha value is -0.770. The van der Waals surface area contributed by atoms with Gasteiger partial charge >= 0.3 is 6.03 Å². The summed E-state index contributed by atoms with van der Waals surface area (Å²) in [4.78, 5) is 11.6. The van der Waals surface area contributed by atoms with Crippen molar-refractivity contribution >= 4 is 6.03 Å². The van der Waals surface area contributed by atoms with Gasteiger partial charge < -0.3 is 15.7 Å². The predicted molar refractivity (Wildman–Crippen MR) is 68.9 cm³/mol. The van der Waals surface area contributed by atoms with E-state index in [1.165, 1.54) is 12.8 Å². The van der Waals surface area contributed by atoms with Gasteiger partial charge in [-0.3, -0.25) is 0 Å². The molecule has 4 nitrogen and oxygen atoms in total. The van der Waals surface area contributed by atoms with Crippen LogP contribution in [0.5, 0.6) is 0 Å². The number of hydrogen-bond acceptors (Lipinski definition) is 2. The molecule has 0 unspecified atom stereocenters. The minimum Gasteiger partial charge on any atom is -0.396 e. The molecule has 1 rings (SSSR count). The van der Waals surface area contributed by atoms with Crippen LogP contribution < -0.4 is 10.6 Å². The maximum Gasteiger partial charge on any atom is 0.315 e. The van der Waals surface area contributed by atoms with Crippen molar-refractivity contribution in [3.8, 4) is 0 Å². The average Bonchev–Trinajstić information content (AvgIpc) is 2.77. The molecule has 0 radical (unpaired) electrons. The normalized spacial score (nSPS) is 17.1. The second-order valence-electron chi connectivity index (χ2n) is 5.80. The van der Waals surface area contributed by atoms with E-state index in [0.717, 1.165) is 25.7 Å². The summed E-state index contributed by atoms with van der Waals surface area (Å²) in [5.41, 5.74) is 0.0513. The number of carbonyl (C=O) groups excluding carboxylic acids is 1. The van der Waals surface area contributed by atoms with E-state index in [-0.39, 0.29) is 18.1 Å². The first kappa shape index (κ1) is 14.3. The molecule has 0 aromatic carbocycles. The topological polar surface area (TPSA) is 61.4 Å². The SMILES string of the molecule is CC(C)(CCCO)CNC(=O)NC1CCCC1. The molecule has 1 fully saturated rings. The minimum absolute atomic E-state index is 0.0472. The highest BCUT2D eigenvalue weighted by Gasteiger charge is 2.20. The lowest BCUT2D eigenvalue weighted by molar-refractivity contribution is 0.219. The van der Waals surface area contributed by atoms with Crippen LogP contribution >= 0.6 is 0 Å². The van der Waals surface area contributed by atoms with Crippen LogP contribution in [-0.2, 0) is 0 Å². The summed E-state index contributed by atoms with van der Waals surface area (Å²) < 4.78 is 0. The first-order valence-corrected chi connectivity index (χ1v) is 6.69. The second-order valence-corrected chi connectivity index (χ2v) is 5.80. The van der Waals surface area contributed by atoms with Gasteiger partial charge in [-0.15, -0.1) is 0 Å². The van der Waals surface area contributed by atoms with Crippen molar-refractivity contribution in [1.29, 1.82) is 0 Å². The van der Waals surface area contributed by atoms with Gasteiger partial charge in [0.25, 0.3) is 0 Å². The molecule has 0 aromatic heterocycles. The summed E-state index contributed by atoms with van der Waals surface area (Å²) in [6.45, 7) is 5.10. The number of aliphatic hydroxyl groups excluding tert-OH is 1. The summed E-state index contributed by atoms with van der Waals surface area (Å²) in [6, 6.07) is 0.324. The maximum absolute atomic E-state index is 11.6. The molecule has 1 aliphatic rings. The van der Waals surface area contributed by atoms with E-state index in [0.29, 0.717) is 12.6 Å². The first-order chi connectivity index (χ1) is 8.03. The van der Waals surface area contributed by atoms with Crippen molar-refractivity contribution in [1.82, 2.24) is 10.6 Å². The van der Waals surface area contributed by atoms with E-state index < -0.39 is 0 Å². The number of carbonyl (C=O) groups is 1. The predicted octanol–water partition coefficient (Wildman–Crippen LogP) is 2.03. The first-order valence-electron chi connectivity index (χ1n) is 6.69. The van der Waals surface area contributed by atoms with E-state index in [1.807, 2.05) is 0 Å². The highest BCUT2D eigenvalue weighted by atomic mass is 16.2. The van der Waals surface area contributed by atoms with Crippen molar-refractivity contribution in [2.45, 2.75) is 58.4 Å². The summed E-state index contributed by atoms with van der Waals surface area (Å²) in [5, 5.41) is 14.7. The molecule has 0 aliphatic heterocycles. The number of rotatable bonds is 6. The van der Waals surface area contributed by atoms with Gasteiger partial charge in [0.15, 0.2) is 0 Å². The van der Waals surface area contributed by atoms with Crippen LogP contribution in [0.2, 0.25) is 0 Å². The van der Waals surface area contributed by atoms with Crippen LogP contribution in [0.3, 0.4) is 0 Å². The van der Waals surface area contributed by atoms with E-state index in [9.17, 15) is 4.79 Å². The maximum atomic E-state index is 11.6. The molecule has 17 heavy (non-hydrogen) atoms. The molecule has 0 bridgehead atoms. The Labute approximate surface area is 104 Å². The summed E-state index contributed by atoms with van der Waals surface area (Å²) in [5.74, 6) is 0. The highest BCUT2D eigenvalue weighted by molar-refractivity contribution is 5.74. The monoisotopic (exact) mass is 242 g/mol. The smallest absolute Gasteiger partial charge is 0.315 e. The van der Waals surface area contributed by atoms with Gasteiger partial charge in [-0.05, 0) is 31.1 Å². The van der Waals surface area contributed by atoms with Crippen molar-refractivity contribution in [3.63, 3.8) is 0 Å². The third-order valence-corrected chi connectivity index (χ3v) is 3.43. The number of hydrogen-bond donors (Lipinski definition) is 3. The molecule has 0 aromatic rings. The van der Waals surface area contributed by atoms with E-state index >= 15 is 0 Å². The fourth-order valence-corrected chi connectivity index (χ4v) is 2.27. The van der Waals surface area contributed by atoms with Gasteiger partial charge in [0, 0.05) is 19.2 Å². The van der Waals surface area contributed by atoms with Gasteiger partial charge in [-0.25, -0.2) is 4.79 Å². The van der Waals surface area contributed by atoms with Crippen molar-refractivity contribution in [2.24, 2.45) is 5.41 Å². The zero-order chi connectivity index (χ0) is 12.7. The van der Waals surface area contributed by atoms with Crippen molar-refractivity contribution < 1.29 is 9.90 Å². The third kappa shape index (κ3) is 5.91. The summed E-state index contributed by atoms with van der Waals surface area (Å²) in [7, 11) is 0. The number of aliphatic hydroxyl groups is 1. The lowest BCUT2D eigenvalue weighted by Crippen LogP contribution is -2.44. The van der Waals surface area contributed by atoms with Gasteiger partial charge in [0.05, 0.1) is 0 Å². The van der Waals surface area contributed by atoms with Crippen LogP contribution in [0, 0.1) is 5.41 Å². The molecule has 0 heterocycles. The molecule has 4 heteroatoms. The van der Waals surface area contributed by atoms with Gasteiger partial charge in [-0.2, -0.15) is 0 Å². The Morgan fingerprint density at radius 3 is 2.59 bits per heavy atom. The summed E-state index contributed by atoms with van der Waals surface area (Å²) in [6.07, 6.45) is 6.40.